The Balaban J connectivity index is 1.60. The highest BCUT2D eigenvalue weighted by molar-refractivity contribution is 9.10. The molecule has 1 aliphatic heterocycles. The highest BCUT2D eigenvalue weighted by Gasteiger charge is 2.34. The van der Waals surface area contributed by atoms with E-state index in [4.69, 9.17) is 4.74 Å². The topological polar surface area (TPSA) is 58.6 Å². The molecular weight excluding hydrogens is 384 g/mol. The number of methoxy groups -OCH3 is 1. The van der Waals surface area contributed by atoms with Crippen LogP contribution in [0.3, 0.4) is 0 Å². The second-order valence-electron chi connectivity index (χ2n) is 6.02. The maximum Gasteiger partial charge on any atom is 0.229 e. The summed E-state index contributed by atoms with van der Waals surface area (Å²) in [6.45, 7) is 0.939. The number of halogens is 1. The van der Waals surface area contributed by atoms with Gasteiger partial charge in [-0.3, -0.25) is 9.59 Å². The van der Waals surface area contributed by atoms with Crippen LogP contribution in [0.4, 0.5) is 5.69 Å². The van der Waals surface area contributed by atoms with Gasteiger partial charge in [0.1, 0.15) is 5.75 Å². The molecule has 1 unspecified atom stereocenters. The summed E-state index contributed by atoms with van der Waals surface area (Å²) in [4.78, 5) is 26.4. The number of ether oxygens (including phenoxy) is 1. The Morgan fingerprint density at radius 3 is 2.72 bits per heavy atom. The molecule has 1 atom stereocenters. The van der Waals surface area contributed by atoms with Crippen LogP contribution in [-0.2, 0) is 16.1 Å². The molecule has 6 heteroatoms. The van der Waals surface area contributed by atoms with Crippen molar-refractivity contribution in [1.29, 1.82) is 0 Å². The van der Waals surface area contributed by atoms with Gasteiger partial charge in [-0.25, -0.2) is 0 Å². The van der Waals surface area contributed by atoms with Crippen molar-refractivity contribution in [2.45, 2.75) is 13.0 Å². The van der Waals surface area contributed by atoms with Gasteiger partial charge in [0.2, 0.25) is 11.8 Å². The molecule has 2 amide bonds. The summed E-state index contributed by atoms with van der Waals surface area (Å²) in [5.74, 6) is 0.335. The molecule has 3 rings (SSSR count). The van der Waals surface area contributed by atoms with Gasteiger partial charge in [0.25, 0.3) is 0 Å². The third-order valence-corrected chi connectivity index (χ3v) is 4.70. The number of likely N-dealkylation sites (tertiary alicyclic amines) is 1. The molecule has 5 nitrogen and oxygen atoms in total. The van der Waals surface area contributed by atoms with E-state index in [2.05, 4.69) is 21.2 Å². The van der Waals surface area contributed by atoms with Gasteiger partial charge < -0.3 is 15.0 Å². The van der Waals surface area contributed by atoms with Gasteiger partial charge in [0.15, 0.2) is 0 Å². The van der Waals surface area contributed by atoms with E-state index < -0.39 is 0 Å². The van der Waals surface area contributed by atoms with Gasteiger partial charge in [-0.1, -0.05) is 34.1 Å². The third kappa shape index (κ3) is 4.39. The smallest absolute Gasteiger partial charge is 0.229 e. The van der Waals surface area contributed by atoms with Crippen molar-refractivity contribution in [1.82, 2.24) is 4.90 Å². The number of rotatable bonds is 5. The highest BCUT2D eigenvalue weighted by Crippen LogP contribution is 2.23. The molecule has 1 N–H and O–H groups in total. The number of hydrogen-bond acceptors (Lipinski definition) is 3. The maximum absolute atomic E-state index is 12.4. The summed E-state index contributed by atoms with van der Waals surface area (Å²) in [5, 5.41) is 2.88. The number of nitrogens with zero attached hydrogens (tertiary/aromatic N) is 1. The molecule has 2 aromatic rings. The molecule has 0 bridgehead atoms. The SMILES string of the molecule is COc1ccc(CN2CC(C(=O)Nc3cccc(Br)c3)CC2=O)cc1. The fourth-order valence-electron chi connectivity index (χ4n) is 2.86. The average molecular weight is 403 g/mol. The van der Waals surface area contributed by atoms with Crippen LogP contribution in [0.1, 0.15) is 12.0 Å². The van der Waals surface area contributed by atoms with Crippen LogP contribution >= 0.6 is 15.9 Å². The molecule has 0 radical (unpaired) electrons. The van der Waals surface area contributed by atoms with Crippen molar-refractivity contribution >= 4 is 33.4 Å². The lowest BCUT2D eigenvalue weighted by Gasteiger charge is -2.17. The molecule has 130 valence electrons. The summed E-state index contributed by atoms with van der Waals surface area (Å²) in [6.07, 6.45) is 0.246. The number of amides is 2. The minimum Gasteiger partial charge on any atom is -0.497 e. The molecule has 1 aliphatic rings. The molecule has 0 spiro atoms. The average Bonchev–Trinajstić information content (AvgIpc) is 2.96. The molecule has 0 saturated carbocycles. The lowest BCUT2D eigenvalue weighted by molar-refractivity contribution is -0.128. The van der Waals surface area contributed by atoms with Gasteiger partial charge in [0, 0.05) is 29.7 Å². The van der Waals surface area contributed by atoms with E-state index in [-0.39, 0.29) is 24.2 Å². The van der Waals surface area contributed by atoms with E-state index in [0.717, 1.165) is 21.5 Å². The first kappa shape index (κ1) is 17.5. The molecule has 1 saturated heterocycles. The number of hydrogen-bond donors (Lipinski definition) is 1. The van der Waals surface area contributed by atoms with Crippen LogP contribution in [0.5, 0.6) is 5.75 Å². The van der Waals surface area contributed by atoms with Crippen molar-refractivity contribution in [2.75, 3.05) is 19.0 Å². The number of anilines is 1. The Labute approximate surface area is 155 Å². The summed E-state index contributed by atoms with van der Waals surface area (Å²) in [7, 11) is 1.62. The van der Waals surface area contributed by atoms with Crippen LogP contribution in [0.25, 0.3) is 0 Å². The summed E-state index contributed by atoms with van der Waals surface area (Å²) in [6, 6.07) is 15.0. The zero-order valence-corrected chi connectivity index (χ0v) is 15.5. The van der Waals surface area contributed by atoms with Crippen molar-refractivity contribution in [3.8, 4) is 5.75 Å². The predicted octanol–water partition coefficient (Wildman–Crippen LogP) is 3.44. The first-order chi connectivity index (χ1) is 12.0. The fourth-order valence-corrected chi connectivity index (χ4v) is 3.26. The molecule has 0 aromatic heterocycles. The Bertz CT molecular complexity index is 776. The van der Waals surface area contributed by atoms with E-state index in [9.17, 15) is 9.59 Å². The van der Waals surface area contributed by atoms with Crippen LogP contribution in [0.2, 0.25) is 0 Å². The van der Waals surface area contributed by atoms with Crippen LogP contribution in [-0.4, -0.2) is 30.4 Å². The van der Waals surface area contributed by atoms with Crippen LogP contribution < -0.4 is 10.1 Å². The summed E-state index contributed by atoms with van der Waals surface area (Å²) >= 11 is 3.38. The van der Waals surface area contributed by atoms with Gasteiger partial charge in [-0.05, 0) is 35.9 Å². The third-order valence-electron chi connectivity index (χ3n) is 4.21. The van der Waals surface area contributed by atoms with Crippen molar-refractivity contribution < 1.29 is 14.3 Å². The van der Waals surface area contributed by atoms with Crippen molar-refractivity contribution in [2.24, 2.45) is 5.92 Å². The fraction of sp³-hybridized carbons (Fsp3) is 0.263. The van der Waals surface area contributed by atoms with Gasteiger partial charge in [-0.15, -0.1) is 0 Å². The zero-order chi connectivity index (χ0) is 17.8. The van der Waals surface area contributed by atoms with E-state index in [1.54, 1.807) is 12.0 Å². The minimum absolute atomic E-state index is 0.00482. The summed E-state index contributed by atoms with van der Waals surface area (Å²) in [5.41, 5.74) is 1.74. The first-order valence-electron chi connectivity index (χ1n) is 8.02. The van der Waals surface area contributed by atoms with Gasteiger partial charge in [0.05, 0.1) is 13.0 Å². The molecule has 2 aromatic carbocycles. The van der Waals surface area contributed by atoms with Gasteiger partial charge in [-0.2, -0.15) is 0 Å². The number of carbonyl (C=O) groups is 2. The van der Waals surface area contributed by atoms with Crippen LogP contribution in [0.15, 0.2) is 53.0 Å². The molecule has 1 heterocycles. The Morgan fingerprint density at radius 2 is 2.04 bits per heavy atom. The van der Waals surface area contributed by atoms with Gasteiger partial charge >= 0.3 is 0 Å². The summed E-state index contributed by atoms with van der Waals surface area (Å²) < 4.78 is 6.03. The van der Waals surface area contributed by atoms with Crippen molar-refractivity contribution in [3.63, 3.8) is 0 Å². The Hall–Kier alpha value is -2.34. The lowest BCUT2D eigenvalue weighted by atomic mass is 10.1. The maximum atomic E-state index is 12.4. The molecule has 0 aliphatic carbocycles. The quantitative estimate of drug-likeness (QED) is 0.832. The predicted molar refractivity (Wildman–Crippen MR) is 99.3 cm³/mol. The molecule has 25 heavy (non-hydrogen) atoms. The number of carbonyl (C=O) groups excluding carboxylic acids is 2. The minimum atomic E-state index is -0.329. The monoisotopic (exact) mass is 402 g/mol. The highest BCUT2D eigenvalue weighted by atomic mass is 79.9. The number of benzene rings is 2. The lowest BCUT2D eigenvalue weighted by Crippen LogP contribution is -2.28. The second kappa shape index (κ2) is 7.70. The van der Waals surface area contributed by atoms with E-state index >= 15 is 0 Å². The Kier molecular flexibility index (Phi) is 5.38. The Morgan fingerprint density at radius 1 is 1.28 bits per heavy atom. The van der Waals surface area contributed by atoms with Crippen LogP contribution in [0, 0.1) is 5.92 Å². The van der Waals surface area contributed by atoms with E-state index in [1.807, 2.05) is 48.5 Å². The zero-order valence-electron chi connectivity index (χ0n) is 13.9. The standard InChI is InChI=1S/C19H19BrN2O3/c1-25-17-7-5-13(6-8-17)11-22-12-14(9-18(22)23)19(24)21-16-4-2-3-15(20)10-16/h2-8,10,14H,9,11-12H2,1H3,(H,21,24). The van der Waals surface area contributed by atoms with Crippen molar-refractivity contribution in [3.05, 3.63) is 58.6 Å². The largest absolute Gasteiger partial charge is 0.497 e. The second-order valence-corrected chi connectivity index (χ2v) is 6.94. The normalized spacial score (nSPS) is 16.8. The number of nitrogens with one attached hydrogen (secondary N) is 1. The first-order valence-corrected chi connectivity index (χ1v) is 8.81. The molecule has 1 fully saturated rings. The van der Waals surface area contributed by atoms with E-state index in [1.165, 1.54) is 0 Å². The molecular formula is C19H19BrN2O3. The van der Waals surface area contributed by atoms with E-state index in [0.29, 0.717) is 13.1 Å².